The summed E-state index contributed by atoms with van der Waals surface area (Å²) in [5.41, 5.74) is 2.00. The van der Waals surface area contributed by atoms with Crippen LogP contribution in [0.5, 0.6) is 0 Å². The summed E-state index contributed by atoms with van der Waals surface area (Å²) in [5.74, 6) is 0.228. The maximum absolute atomic E-state index is 11.9. The lowest BCUT2D eigenvalue weighted by atomic mass is 9.98. The van der Waals surface area contributed by atoms with E-state index in [0.717, 1.165) is 22.1 Å². The predicted octanol–water partition coefficient (Wildman–Crippen LogP) is 2.86. The minimum absolute atomic E-state index is 0.228. The van der Waals surface area contributed by atoms with E-state index < -0.39 is 0 Å². The highest BCUT2D eigenvalue weighted by molar-refractivity contribution is 9.10. The van der Waals surface area contributed by atoms with Crippen LogP contribution in [0.15, 0.2) is 22.7 Å². The van der Waals surface area contributed by atoms with Gasteiger partial charge in [-0.3, -0.25) is 9.69 Å². The van der Waals surface area contributed by atoms with Crippen LogP contribution in [0.4, 0.5) is 0 Å². The van der Waals surface area contributed by atoms with E-state index in [9.17, 15) is 4.79 Å². The molecule has 0 atom stereocenters. The fraction of sp³-hybridized carbons (Fsp3) is 0.417. The zero-order chi connectivity index (χ0) is 11.0. The van der Waals surface area contributed by atoms with Gasteiger partial charge >= 0.3 is 0 Å². The van der Waals surface area contributed by atoms with Crippen LogP contribution >= 0.6 is 15.9 Å². The summed E-state index contributed by atoms with van der Waals surface area (Å²) in [6.45, 7) is 5.64. The molecule has 1 heterocycles. The Morgan fingerprint density at radius 2 is 2.07 bits per heavy atom. The molecule has 0 N–H and O–H groups in total. The summed E-state index contributed by atoms with van der Waals surface area (Å²) >= 11 is 3.51. The van der Waals surface area contributed by atoms with E-state index in [1.807, 2.05) is 18.2 Å². The molecule has 0 bridgehead atoms. The number of halogens is 1. The molecule has 0 saturated carbocycles. The molecule has 0 spiro atoms. The minimum atomic E-state index is 0.228. The van der Waals surface area contributed by atoms with E-state index in [-0.39, 0.29) is 5.78 Å². The van der Waals surface area contributed by atoms with E-state index in [1.54, 1.807) is 0 Å². The normalized spacial score (nSPS) is 16.9. The number of nitrogens with zero attached hydrogens (tertiary/aromatic N) is 1. The predicted molar refractivity (Wildman–Crippen MR) is 64.0 cm³/mol. The zero-order valence-corrected chi connectivity index (χ0v) is 10.5. The highest BCUT2D eigenvalue weighted by atomic mass is 79.9. The third-order valence-corrected chi connectivity index (χ3v) is 3.60. The summed E-state index contributed by atoms with van der Waals surface area (Å²) in [7, 11) is 0. The monoisotopic (exact) mass is 267 g/mol. The lowest BCUT2D eigenvalue weighted by Crippen LogP contribution is -2.39. The van der Waals surface area contributed by atoms with E-state index in [2.05, 4.69) is 34.7 Å². The number of ketones is 1. The van der Waals surface area contributed by atoms with Crippen LogP contribution in [0, 0.1) is 0 Å². The fourth-order valence-corrected chi connectivity index (χ4v) is 2.37. The Balaban J connectivity index is 2.42. The van der Waals surface area contributed by atoms with Gasteiger partial charge in [0.2, 0.25) is 0 Å². The number of rotatable bonds is 1. The second-order valence-electron chi connectivity index (χ2n) is 4.19. The van der Waals surface area contributed by atoms with E-state index in [4.69, 9.17) is 0 Å². The van der Waals surface area contributed by atoms with E-state index in [0.29, 0.717) is 12.6 Å². The summed E-state index contributed by atoms with van der Waals surface area (Å²) in [6, 6.07) is 6.25. The van der Waals surface area contributed by atoms with Gasteiger partial charge in [-0.2, -0.15) is 0 Å². The smallest absolute Gasteiger partial charge is 0.177 e. The van der Waals surface area contributed by atoms with Gasteiger partial charge in [0.25, 0.3) is 0 Å². The number of hydrogen-bond donors (Lipinski definition) is 0. The molecular formula is C12H14BrNO. The molecule has 0 saturated heterocycles. The quantitative estimate of drug-likeness (QED) is 0.780. The first-order valence-electron chi connectivity index (χ1n) is 5.14. The average molecular weight is 268 g/mol. The maximum atomic E-state index is 11.9. The lowest BCUT2D eigenvalue weighted by Gasteiger charge is -2.31. The Kier molecular flexibility index (Phi) is 2.94. The average Bonchev–Trinajstić information content (AvgIpc) is 2.19. The fourth-order valence-electron chi connectivity index (χ4n) is 1.87. The Hall–Kier alpha value is -0.670. The van der Waals surface area contributed by atoms with Crippen molar-refractivity contribution in [2.24, 2.45) is 0 Å². The molecule has 0 aromatic heterocycles. The molecule has 3 heteroatoms. The number of benzene rings is 1. The molecule has 0 fully saturated rings. The van der Waals surface area contributed by atoms with Crippen LogP contribution in [0.25, 0.3) is 0 Å². The summed E-state index contributed by atoms with van der Waals surface area (Å²) in [4.78, 5) is 14.1. The summed E-state index contributed by atoms with van der Waals surface area (Å²) in [6.07, 6.45) is 0. The van der Waals surface area contributed by atoms with Crippen molar-refractivity contribution in [3.05, 3.63) is 33.8 Å². The molecule has 2 nitrogen and oxygen atoms in total. The molecule has 1 aliphatic heterocycles. The third-order valence-electron chi connectivity index (χ3n) is 2.86. The van der Waals surface area contributed by atoms with Gasteiger partial charge in [0.05, 0.1) is 6.54 Å². The van der Waals surface area contributed by atoms with Crippen LogP contribution < -0.4 is 0 Å². The Bertz CT molecular complexity index is 401. The van der Waals surface area contributed by atoms with Crippen molar-refractivity contribution in [3.63, 3.8) is 0 Å². The highest BCUT2D eigenvalue weighted by Gasteiger charge is 2.25. The molecule has 0 unspecified atom stereocenters. The first-order valence-corrected chi connectivity index (χ1v) is 5.93. The van der Waals surface area contributed by atoms with Gasteiger partial charge in [-0.25, -0.2) is 0 Å². The van der Waals surface area contributed by atoms with Gasteiger partial charge in [0.15, 0.2) is 5.78 Å². The standard InChI is InChI=1S/C12H14BrNO/c1-8(2)14-6-10-9(12(15)7-14)4-3-5-11(10)13/h3-5,8H,6-7H2,1-2H3. The molecule has 1 aromatic rings. The third kappa shape index (κ3) is 1.99. The van der Waals surface area contributed by atoms with Gasteiger partial charge in [0.1, 0.15) is 0 Å². The molecule has 0 aliphatic carbocycles. The van der Waals surface area contributed by atoms with Crippen molar-refractivity contribution in [3.8, 4) is 0 Å². The van der Waals surface area contributed by atoms with Gasteiger partial charge < -0.3 is 0 Å². The van der Waals surface area contributed by atoms with Crippen molar-refractivity contribution in [2.45, 2.75) is 26.4 Å². The van der Waals surface area contributed by atoms with Crippen molar-refractivity contribution in [1.29, 1.82) is 0 Å². The molecule has 0 amide bonds. The van der Waals surface area contributed by atoms with Crippen molar-refractivity contribution in [1.82, 2.24) is 4.90 Å². The number of carbonyl (C=O) groups excluding carboxylic acids is 1. The lowest BCUT2D eigenvalue weighted by molar-refractivity contribution is 0.0867. The van der Waals surface area contributed by atoms with E-state index >= 15 is 0 Å². The molecule has 1 aromatic carbocycles. The van der Waals surface area contributed by atoms with Gasteiger partial charge in [0, 0.05) is 22.6 Å². The van der Waals surface area contributed by atoms with Crippen LogP contribution in [-0.4, -0.2) is 23.3 Å². The first-order chi connectivity index (χ1) is 7.09. The summed E-state index contributed by atoms with van der Waals surface area (Å²) < 4.78 is 1.04. The number of hydrogen-bond acceptors (Lipinski definition) is 2. The number of Topliss-reactive ketones (excluding diaryl/α,β-unsaturated/α-hetero) is 1. The number of fused-ring (bicyclic) bond motifs is 1. The molecule has 15 heavy (non-hydrogen) atoms. The summed E-state index contributed by atoms with van der Waals surface area (Å²) in [5, 5.41) is 0. The van der Waals surface area contributed by atoms with Crippen LogP contribution in [0.3, 0.4) is 0 Å². The maximum Gasteiger partial charge on any atom is 0.177 e. The largest absolute Gasteiger partial charge is 0.293 e. The molecular weight excluding hydrogens is 254 g/mol. The van der Waals surface area contributed by atoms with Gasteiger partial charge in [-0.05, 0) is 25.5 Å². The van der Waals surface area contributed by atoms with Crippen LogP contribution in [0.2, 0.25) is 0 Å². The zero-order valence-electron chi connectivity index (χ0n) is 8.96. The van der Waals surface area contributed by atoms with Gasteiger partial charge in [-0.1, -0.05) is 28.1 Å². The van der Waals surface area contributed by atoms with Crippen LogP contribution in [-0.2, 0) is 6.54 Å². The van der Waals surface area contributed by atoms with Gasteiger partial charge in [-0.15, -0.1) is 0 Å². The number of carbonyl (C=O) groups is 1. The van der Waals surface area contributed by atoms with Crippen molar-refractivity contribution in [2.75, 3.05) is 6.54 Å². The first kappa shape index (κ1) is 10.8. The Morgan fingerprint density at radius 3 is 2.73 bits per heavy atom. The topological polar surface area (TPSA) is 20.3 Å². The van der Waals surface area contributed by atoms with Crippen molar-refractivity contribution >= 4 is 21.7 Å². The molecule has 0 radical (unpaired) electrons. The second-order valence-corrected chi connectivity index (χ2v) is 5.04. The molecule has 80 valence electrons. The van der Waals surface area contributed by atoms with Crippen LogP contribution in [0.1, 0.15) is 29.8 Å². The Morgan fingerprint density at radius 1 is 1.33 bits per heavy atom. The SMILES string of the molecule is CC(C)N1CC(=O)c2cccc(Br)c2C1. The highest BCUT2D eigenvalue weighted by Crippen LogP contribution is 2.27. The second kappa shape index (κ2) is 4.06. The molecule has 2 rings (SSSR count). The molecule has 1 aliphatic rings. The van der Waals surface area contributed by atoms with E-state index in [1.165, 1.54) is 0 Å². The Labute approximate surface area is 98.4 Å². The van der Waals surface area contributed by atoms with Crippen molar-refractivity contribution < 1.29 is 4.79 Å². The minimum Gasteiger partial charge on any atom is -0.293 e.